The number of rotatable bonds is 2. The van der Waals surface area contributed by atoms with Gasteiger partial charge >= 0.3 is 0 Å². The number of hydrogen-bond donors (Lipinski definition) is 1. The molecule has 6 nitrogen and oxygen atoms in total. The number of nitrogens with zero attached hydrogens (tertiary/aromatic N) is 3. The van der Waals surface area contributed by atoms with Gasteiger partial charge in [0.15, 0.2) is 5.82 Å². The van der Waals surface area contributed by atoms with Crippen LogP contribution in [0, 0.1) is 15.9 Å². The third kappa shape index (κ3) is 1.99. The number of non-ortho nitro benzene ring substituents is 1. The van der Waals surface area contributed by atoms with Crippen molar-refractivity contribution in [1.82, 2.24) is 9.55 Å². The van der Waals surface area contributed by atoms with E-state index < -0.39 is 10.7 Å². The lowest BCUT2D eigenvalue weighted by Crippen LogP contribution is -1.98. The summed E-state index contributed by atoms with van der Waals surface area (Å²) in [5.74, 6) is -0.0605. The molecule has 0 aliphatic rings. The van der Waals surface area contributed by atoms with Crippen LogP contribution >= 0.6 is 0 Å². The van der Waals surface area contributed by atoms with Crippen LogP contribution in [0.5, 0.6) is 0 Å². The Labute approximate surface area is 118 Å². The normalized spacial score (nSPS) is 11.0. The van der Waals surface area contributed by atoms with Crippen molar-refractivity contribution in [2.45, 2.75) is 0 Å². The van der Waals surface area contributed by atoms with Crippen LogP contribution in [0.3, 0.4) is 0 Å². The van der Waals surface area contributed by atoms with Gasteiger partial charge in [-0.3, -0.25) is 10.1 Å². The summed E-state index contributed by atoms with van der Waals surface area (Å²) in [6, 6.07) is 8.73. The molecule has 0 aliphatic heterocycles. The summed E-state index contributed by atoms with van der Waals surface area (Å²) >= 11 is 0. The number of anilines is 1. The number of halogens is 1. The molecule has 1 aromatic heterocycles. The molecule has 2 aromatic carbocycles. The Balaban J connectivity index is 2.30. The molecule has 0 saturated heterocycles. The Morgan fingerprint density at radius 2 is 2.10 bits per heavy atom. The SMILES string of the molecule is Cn1c(-c2cc([N+](=O)[O-])ccc2N)nc2c(F)cccc21. The van der Waals surface area contributed by atoms with Crippen molar-refractivity contribution < 1.29 is 9.31 Å². The van der Waals surface area contributed by atoms with Gasteiger partial charge in [0.05, 0.1) is 10.4 Å². The number of nitro benzene ring substituents is 1. The lowest BCUT2D eigenvalue weighted by Gasteiger charge is -2.05. The van der Waals surface area contributed by atoms with Gasteiger partial charge in [-0.15, -0.1) is 0 Å². The molecule has 0 fully saturated rings. The van der Waals surface area contributed by atoms with Gasteiger partial charge in [0.25, 0.3) is 5.69 Å². The number of imidazole rings is 1. The van der Waals surface area contributed by atoms with Crippen molar-refractivity contribution in [2.75, 3.05) is 5.73 Å². The van der Waals surface area contributed by atoms with E-state index in [-0.39, 0.29) is 11.2 Å². The molecule has 3 aromatic rings. The second-order valence-corrected chi connectivity index (χ2v) is 4.63. The molecule has 0 radical (unpaired) electrons. The number of aromatic nitrogens is 2. The number of hydrogen-bond acceptors (Lipinski definition) is 4. The number of nitro groups is 1. The molecule has 2 N–H and O–H groups in total. The van der Waals surface area contributed by atoms with Crippen molar-refractivity contribution in [3.05, 3.63) is 52.3 Å². The van der Waals surface area contributed by atoms with Crippen molar-refractivity contribution in [2.24, 2.45) is 7.05 Å². The minimum absolute atomic E-state index is 0.0910. The molecule has 7 heteroatoms. The van der Waals surface area contributed by atoms with Gasteiger partial charge in [-0.1, -0.05) is 6.07 Å². The van der Waals surface area contributed by atoms with Gasteiger partial charge in [0.1, 0.15) is 11.3 Å². The van der Waals surface area contributed by atoms with Gasteiger partial charge in [-0.05, 0) is 18.2 Å². The van der Waals surface area contributed by atoms with Crippen LogP contribution in [-0.4, -0.2) is 14.5 Å². The maximum absolute atomic E-state index is 13.8. The highest BCUT2D eigenvalue weighted by atomic mass is 19.1. The Morgan fingerprint density at radius 3 is 2.76 bits per heavy atom. The lowest BCUT2D eigenvalue weighted by atomic mass is 10.1. The maximum Gasteiger partial charge on any atom is 0.270 e. The second-order valence-electron chi connectivity index (χ2n) is 4.63. The number of fused-ring (bicyclic) bond motifs is 1. The van der Waals surface area contributed by atoms with Crippen LogP contribution in [0.15, 0.2) is 36.4 Å². The third-order valence-electron chi connectivity index (χ3n) is 3.35. The molecule has 0 spiro atoms. The van der Waals surface area contributed by atoms with Gasteiger partial charge in [0, 0.05) is 30.4 Å². The van der Waals surface area contributed by atoms with Crippen molar-refractivity contribution in [3.8, 4) is 11.4 Å². The molecule has 1 heterocycles. The van der Waals surface area contributed by atoms with Gasteiger partial charge in [-0.2, -0.15) is 0 Å². The zero-order chi connectivity index (χ0) is 15.1. The maximum atomic E-state index is 13.8. The van der Waals surface area contributed by atoms with E-state index >= 15 is 0 Å². The number of aryl methyl sites for hydroxylation is 1. The van der Waals surface area contributed by atoms with Crippen LogP contribution in [0.4, 0.5) is 15.8 Å². The second kappa shape index (κ2) is 4.55. The van der Waals surface area contributed by atoms with E-state index in [2.05, 4.69) is 4.98 Å². The fourth-order valence-electron chi connectivity index (χ4n) is 2.27. The number of nitrogens with two attached hydrogens (primary N) is 1. The Morgan fingerprint density at radius 1 is 1.33 bits per heavy atom. The first-order valence-corrected chi connectivity index (χ1v) is 6.14. The zero-order valence-corrected chi connectivity index (χ0v) is 11.1. The molecule has 21 heavy (non-hydrogen) atoms. The van der Waals surface area contributed by atoms with Crippen LogP contribution in [0.25, 0.3) is 22.4 Å². The molecule has 0 aliphatic carbocycles. The summed E-state index contributed by atoms with van der Waals surface area (Å²) < 4.78 is 15.4. The van der Waals surface area contributed by atoms with Gasteiger partial charge in [0.2, 0.25) is 0 Å². The summed E-state index contributed by atoms with van der Waals surface area (Å²) in [5.41, 5.74) is 7.34. The predicted molar refractivity (Wildman–Crippen MR) is 77.2 cm³/mol. The zero-order valence-electron chi connectivity index (χ0n) is 11.1. The third-order valence-corrected chi connectivity index (χ3v) is 3.35. The Bertz CT molecular complexity index is 873. The highest BCUT2D eigenvalue weighted by Gasteiger charge is 2.17. The topological polar surface area (TPSA) is 87.0 Å². The molecule has 0 bridgehead atoms. The standard InChI is InChI=1S/C14H11FN4O2/c1-18-12-4-2-3-10(15)13(12)17-14(18)9-7-8(19(20)21)5-6-11(9)16/h2-7H,16H2,1H3. The first-order valence-electron chi connectivity index (χ1n) is 6.14. The number of para-hydroxylation sites is 1. The minimum atomic E-state index is -0.508. The summed E-state index contributed by atoms with van der Waals surface area (Å²) in [5, 5.41) is 10.9. The monoisotopic (exact) mass is 286 g/mol. The Kier molecular flexibility index (Phi) is 2.83. The lowest BCUT2D eigenvalue weighted by molar-refractivity contribution is -0.384. The molecule has 0 unspecified atom stereocenters. The molecular weight excluding hydrogens is 275 g/mol. The van der Waals surface area contributed by atoms with E-state index in [9.17, 15) is 14.5 Å². The average Bonchev–Trinajstić information content (AvgIpc) is 2.78. The molecule has 106 valence electrons. The van der Waals surface area contributed by atoms with E-state index in [1.54, 1.807) is 23.7 Å². The van der Waals surface area contributed by atoms with Crippen LogP contribution in [0.2, 0.25) is 0 Å². The quantitative estimate of drug-likeness (QED) is 0.446. The highest BCUT2D eigenvalue weighted by Crippen LogP contribution is 2.31. The molecule has 0 amide bonds. The van der Waals surface area contributed by atoms with Gasteiger partial charge < -0.3 is 10.3 Å². The largest absolute Gasteiger partial charge is 0.398 e. The van der Waals surface area contributed by atoms with E-state index in [4.69, 9.17) is 5.73 Å². The summed E-state index contributed by atoms with van der Waals surface area (Å²) in [7, 11) is 1.71. The van der Waals surface area contributed by atoms with E-state index in [0.29, 0.717) is 22.6 Å². The average molecular weight is 286 g/mol. The highest BCUT2D eigenvalue weighted by molar-refractivity contribution is 5.84. The first-order chi connectivity index (χ1) is 9.99. The van der Waals surface area contributed by atoms with Crippen LogP contribution in [-0.2, 0) is 7.05 Å². The van der Waals surface area contributed by atoms with E-state index in [1.807, 2.05) is 0 Å². The molecule has 0 atom stereocenters. The smallest absolute Gasteiger partial charge is 0.270 e. The minimum Gasteiger partial charge on any atom is -0.398 e. The summed E-state index contributed by atoms with van der Waals surface area (Å²) in [6.07, 6.45) is 0. The predicted octanol–water partition coefficient (Wildman–Crippen LogP) is 2.87. The van der Waals surface area contributed by atoms with Crippen LogP contribution in [0.1, 0.15) is 0 Å². The molecule has 3 rings (SSSR count). The fraction of sp³-hybridized carbons (Fsp3) is 0.0714. The van der Waals surface area contributed by atoms with Gasteiger partial charge in [-0.25, -0.2) is 9.37 Å². The molecular formula is C14H11FN4O2. The number of benzene rings is 2. The Hall–Kier alpha value is -2.96. The summed E-state index contributed by atoms with van der Waals surface area (Å²) in [4.78, 5) is 14.6. The fourth-order valence-corrected chi connectivity index (χ4v) is 2.27. The van der Waals surface area contributed by atoms with E-state index in [1.165, 1.54) is 24.3 Å². The van der Waals surface area contributed by atoms with Crippen molar-refractivity contribution in [3.63, 3.8) is 0 Å². The van der Waals surface area contributed by atoms with Crippen molar-refractivity contribution in [1.29, 1.82) is 0 Å². The van der Waals surface area contributed by atoms with E-state index in [0.717, 1.165) is 0 Å². The molecule has 0 saturated carbocycles. The van der Waals surface area contributed by atoms with Crippen molar-refractivity contribution >= 4 is 22.4 Å². The van der Waals surface area contributed by atoms with Crippen LogP contribution < -0.4 is 5.73 Å². The number of nitrogen functional groups attached to an aromatic ring is 1. The first kappa shape index (κ1) is 13.0. The summed E-state index contributed by atoms with van der Waals surface area (Å²) in [6.45, 7) is 0.